The Morgan fingerprint density at radius 2 is 1.94 bits per heavy atom. The highest BCUT2D eigenvalue weighted by atomic mass is 16.5. The standard InChI is InChI=1S/C14H23NO/c1-12-4-6-14(7-5-12)8-10-15-13(2)9-11-16-3/h4-7,13,15H,8-11H2,1-3H3. The van der Waals surface area contributed by atoms with E-state index in [4.69, 9.17) is 4.74 Å². The van der Waals surface area contributed by atoms with E-state index in [1.807, 2.05) is 0 Å². The zero-order valence-electron chi connectivity index (χ0n) is 10.6. The van der Waals surface area contributed by atoms with Gasteiger partial charge in [-0.25, -0.2) is 0 Å². The van der Waals surface area contributed by atoms with Gasteiger partial charge in [0.15, 0.2) is 0 Å². The third kappa shape index (κ3) is 5.29. The van der Waals surface area contributed by atoms with Crippen LogP contribution in [0.15, 0.2) is 24.3 Å². The van der Waals surface area contributed by atoms with Gasteiger partial charge in [0.2, 0.25) is 0 Å². The first-order chi connectivity index (χ1) is 7.72. The quantitative estimate of drug-likeness (QED) is 0.764. The van der Waals surface area contributed by atoms with E-state index in [9.17, 15) is 0 Å². The summed E-state index contributed by atoms with van der Waals surface area (Å²) in [6.45, 7) is 6.19. The van der Waals surface area contributed by atoms with E-state index in [2.05, 4.69) is 43.4 Å². The number of rotatable bonds is 7. The molecule has 0 fully saturated rings. The van der Waals surface area contributed by atoms with E-state index in [0.29, 0.717) is 6.04 Å². The minimum absolute atomic E-state index is 0.533. The largest absolute Gasteiger partial charge is 0.385 e. The predicted molar refractivity (Wildman–Crippen MR) is 68.8 cm³/mol. The molecule has 2 nitrogen and oxygen atoms in total. The zero-order valence-corrected chi connectivity index (χ0v) is 10.6. The average molecular weight is 221 g/mol. The number of hydrogen-bond acceptors (Lipinski definition) is 2. The number of aryl methyl sites for hydroxylation is 1. The number of nitrogens with one attached hydrogen (secondary N) is 1. The molecule has 0 aromatic heterocycles. The zero-order chi connectivity index (χ0) is 11.8. The molecule has 1 rings (SSSR count). The van der Waals surface area contributed by atoms with Gasteiger partial charge in [-0.2, -0.15) is 0 Å². The summed E-state index contributed by atoms with van der Waals surface area (Å²) in [5.74, 6) is 0. The van der Waals surface area contributed by atoms with Crippen LogP contribution in [0.25, 0.3) is 0 Å². The van der Waals surface area contributed by atoms with Gasteiger partial charge >= 0.3 is 0 Å². The summed E-state index contributed by atoms with van der Waals surface area (Å²) in [7, 11) is 1.75. The molecular weight excluding hydrogens is 198 g/mol. The molecule has 1 aromatic carbocycles. The topological polar surface area (TPSA) is 21.3 Å². The Morgan fingerprint density at radius 1 is 1.25 bits per heavy atom. The molecular formula is C14H23NO. The van der Waals surface area contributed by atoms with Crippen LogP contribution in [0.3, 0.4) is 0 Å². The van der Waals surface area contributed by atoms with Crippen molar-refractivity contribution in [2.75, 3.05) is 20.3 Å². The Balaban J connectivity index is 2.17. The van der Waals surface area contributed by atoms with Crippen LogP contribution in [-0.2, 0) is 11.2 Å². The highest BCUT2D eigenvalue weighted by molar-refractivity contribution is 5.21. The van der Waals surface area contributed by atoms with Crippen molar-refractivity contribution in [3.8, 4) is 0 Å². The van der Waals surface area contributed by atoms with Crippen molar-refractivity contribution in [3.05, 3.63) is 35.4 Å². The van der Waals surface area contributed by atoms with Gasteiger partial charge in [0.05, 0.1) is 0 Å². The van der Waals surface area contributed by atoms with E-state index in [1.165, 1.54) is 11.1 Å². The van der Waals surface area contributed by atoms with Crippen LogP contribution in [0, 0.1) is 6.92 Å². The summed E-state index contributed by atoms with van der Waals surface area (Å²) in [6, 6.07) is 9.28. The molecule has 0 bridgehead atoms. The van der Waals surface area contributed by atoms with E-state index in [1.54, 1.807) is 7.11 Å². The van der Waals surface area contributed by atoms with Gasteiger partial charge < -0.3 is 10.1 Å². The van der Waals surface area contributed by atoms with Gasteiger partial charge in [0.25, 0.3) is 0 Å². The van der Waals surface area contributed by atoms with Gasteiger partial charge in [0.1, 0.15) is 0 Å². The molecule has 1 N–H and O–H groups in total. The van der Waals surface area contributed by atoms with E-state index in [-0.39, 0.29) is 0 Å². The Morgan fingerprint density at radius 3 is 2.56 bits per heavy atom. The molecule has 1 unspecified atom stereocenters. The van der Waals surface area contributed by atoms with Gasteiger partial charge in [-0.1, -0.05) is 29.8 Å². The van der Waals surface area contributed by atoms with Crippen LogP contribution in [0.2, 0.25) is 0 Å². The summed E-state index contributed by atoms with van der Waals surface area (Å²) in [4.78, 5) is 0. The maximum absolute atomic E-state index is 5.05. The van der Waals surface area contributed by atoms with Crippen molar-refractivity contribution in [3.63, 3.8) is 0 Å². The molecule has 0 heterocycles. The monoisotopic (exact) mass is 221 g/mol. The Kier molecular flexibility index (Phi) is 6.12. The van der Waals surface area contributed by atoms with Gasteiger partial charge in [0, 0.05) is 19.8 Å². The molecule has 0 spiro atoms. The number of benzene rings is 1. The third-order valence-electron chi connectivity index (χ3n) is 2.78. The SMILES string of the molecule is COCCC(C)NCCc1ccc(C)cc1. The number of hydrogen-bond donors (Lipinski definition) is 1. The predicted octanol–water partition coefficient (Wildman–Crippen LogP) is 2.55. The van der Waals surface area contributed by atoms with Crippen molar-refractivity contribution in [2.45, 2.75) is 32.7 Å². The van der Waals surface area contributed by atoms with Crippen molar-refractivity contribution >= 4 is 0 Å². The minimum Gasteiger partial charge on any atom is -0.385 e. The molecule has 0 aliphatic carbocycles. The lowest BCUT2D eigenvalue weighted by atomic mass is 10.1. The molecule has 1 atom stereocenters. The molecule has 0 aliphatic heterocycles. The van der Waals surface area contributed by atoms with Gasteiger partial charge in [-0.3, -0.25) is 0 Å². The highest BCUT2D eigenvalue weighted by Crippen LogP contribution is 2.03. The van der Waals surface area contributed by atoms with Gasteiger partial charge in [-0.05, 0) is 38.8 Å². The van der Waals surface area contributed by atoms with Crippen molar-refractivity contribution in [2.24, 2.45) is 0 Å². The maximum atomic E-state index is 5.05. The Labute approximate surface area is 99.0 Å². The molecule has 1 aromatic rings. The average Bonchev–Trinajstić information content (AvgIpc) is 2.29. The molecule has 0 radical (unpaired) electrons. The van der Waals surface area contributed by atoms with Crippen LogP contribution in [0.1, 0.15) is 24.5 Å². The second-order valence-corrected chi connectivity index (χ2v) is 4.37. The summed E-state index contributed by atoms with van der Waals surface area (Å²) in [6.07, 6.45) is 2.17. The second kappa shape index (κ2) is 7.42. The summed E-state index contributed by atoms with van der Waals surface area (Å²) < 4.78 is 5.05. The third-order valence-corrected chi connectivity index (χ3v) is 2.78. The van der Waals surface area contributed by atoms with E-state index in [0.717, 1.165) is 26.0 Å². The van der Waals surface area contributed by atoms with Crippen LogP contribution in [-0.4, -0.2) is 26.3 Å². The lowest BCUT2D eigenvalue weighted by molar-refractivity contribution is 0.185. The van der Waals surface area contributed by atoms with E-state index >= 15 is 0 Å². The maximum Gasteiger partial charge on any atom is 0.0476 e. The minimum atomic E-state index is 0.533. The fourth-order valence-corrected chi connectivity index (χ4v) is 1.61. The highest BCUT2D eigenvalue weighted by Gasteiger charge is 2.00. The first-order valence-corrected chi connectivity index (χ1v) is 6.00. The molecule has 90 valence electrons. The van der Waals surface area contributed by atoms with Crippen LogP contribution >= 0.6 is 0 Å². The second-order valence-electron chi connectivity index (χ2n) is 4.37. The molecule has 0 aliphatic rings. The van der Waals surface area contributed by atoms with Gasteiger partial charge in [-0.15, -0.1) is 0 Å². The lowest BCUT2D eigenvalue weighted by Gasteiger charge is -2.13. The molecule has 0 saturated heterocycles. The first-order valence-electron chi connectivity index (χ1n) is 6.00. The number of ether oxygens (including phenoxy) is 1. The summed E-state index contributed by atoms with van der Waals surface area (Å²) in [5, 5.41) is 3.50. The normalized spacial score (nSPS) is 12.7. The summed E-state index contributed by atoms with van der Waals surface area (Å²) in [5.41, 5.74) is 2.72. The molecule has 0 amide bonds. The van der Waals surface area contributed by atoms with Crippen LogP contribution < -0.4 is 5.32 Å². The molecule has 16 heavy (non-hydrogen) atoms. The first kappa shape index (κ1) is 13.2. The van der Waals surface area contributed by atoms with E-state index < -0.39 is 0 Å². The fourth-order valence-electron chi connectivity index (χ4n) is 1.61. The number of methoxy groups -OCH3 is 1. The Bertz CT molecular complexity index is 281. The van der Waals surface area contributed by atoms with Crippen LogP contribution in [0.5, 0.6) is 0 Å². The summed E-state index contributed by atoms with van der Waals surface area (Å²) >= 11 is 0. The molecule has 0 saturated carbocycles. The smallest absolute Gasteiger partial charge is 0.0476 e. The van der Waals surface area contributed by atoms with Crippen molar-refractivity contribution in [1.82, 2.24) is 5.32 Å². The van der Waals surface area contributed by atoms with Crippen LogP contribution in [0.4, 0.5) is 0 Å². The lowest BCUT2D eigenvalue weighted by Crippen LogP contribution is -2.29. The van der Waals surface area contributed by atoms with Crippen molar-refractivity contribution in [1.29, 1.82) is 0 Å². The Hall–Kier alpha value is -0.860. The fraction of sp³-hybridized carbons (Fsp3) is 0.571. The van der Waals surface area contributed by atoms with Crippen molar-refractivity contribution < 1.29 is 4.74 Å². The molecule has 2 heteroatoms.